The zero-order valence-corrected chi connectivity index (χ0v) is 9.82. The molecule has 2 heterocycles. The van der Waals surface area contributed by atoms with Gasteiger partial charge in [0.25, 0.3) is 0 Å². The number of anilines is 1. The number of fused-ring (bicyclic) bond motifs is 1. The second-order valence-corrected chi connectivity index (χ2v) is 4.91. The number of nitrogens with two attached hydrogens (primary N) is 1. The van der Waals surface area contributed by atoms with E-state index in [2.05, 4.69) is 15.0 Å². The third kappa shape index (κ3) is 1.55. The summed E-state index contributed by atoms with van der Waals surface area (Å²) in [6, 6.07) is 0. The predicted molar refractivity (Wildman–Crippen MR) is 64.4 cm³/mol. The lowest BCUT2D eigenvalue weighted by atomic mass is 10.1. The van der Waals surface area contributed by atoms with Gasteiger partial charge in [-0.25, -0.2) is 15.0 Å². The predicted octanol–water partition coefficient (Wildman–Crippen LogP) is -0.601. The quantitative estimate of drug-likeness (QED) is 0.667. The number of hydrogen-bond acceptors (Lipinski definition) is 6. The van der Waals surface area contributed by atoms with Crippen LogP contribution in [0.2, 0.25) is 0 Å². The van der Waals surface area contributed by atoms with Gasteiger partial charge in [-0.05, 0) is 12.3 Å². The second kappa shape index (κ2) is 3.89. The maximum atomic E-state index is 9.49. The van der Waals surface area contributed by atoms with Crippen molar-refractivity contribution in [2.75, 3.05) is 18.9 Å². The van der Waals surface area contributed by atoms with E-state index in [0.29, 0.717) is 23.5 Å². The zero-order valence-electron chi connectivity index (χ0n) is 9.82. The molecule has 3 rings (SSSR count). The minimum Gasteiger partial charge on any atom is -0.396 e. The summed E-state index contributed by atoms with van der Waals surface area (Å²) in [5.41, 5.74) is 6.81. The Hall–Kier alpha value is -1.73. The molecule has 2 aromatic heterocycles. The van der Waals surface area contributed by atoms with E-state index in [4.69, 9.17) is 5.73 Å². The number of rotatable bonds is 4. The molecule has 0 amide bonds. The van der Waals surface area contributed by atoms with Crippen molar-refractivity contribution in [2.24, 2.45) is 11.3 Å². The molecule has 1 fully saturated rings. The highest BCUT2D eigenvalue weighted by Crippen LogP contribution is 2.53. The highest BCUT2D eigenvalue weighted by atomic mass is 16.3. The van der Waals surface area contributed by atoms with Crippen molar-refractivity contribution in [1.82, 2.24) is 19.5 Å². The summed E-state index contributed by atoms with van der Waals surface area (Å²) >= 11 is 0. The Morgan fingerprint density at radius 3 is 2.89 bits per heavy atom. The van der Waals surface area contributed by atoms with Crippen LogP contribution < -0.4 is 5.73 Å². The van der Waals surface area contributed by atoms with E-state index in [9.17, 15) is 10.2 Å². The first-order valence-electron chi connectivity index (χ1n) is 5.83. The van der Waals surface area contributed by atoms with Gasteiger partial charge < -0.3 is 20.5 Å². The van der Waals surface area contributed by atoms with Gasteiger partial charge in [-0.3, -0.25) is 0 Å². The highest BCUT2D eigenvalue weighted by molar-refractivity contribution is 5.81. The summed E-state index contributed by atoms with van der Waals surface area (Å²) in [6.45, 7) is 0.716. The Balaban J connectivity index is 1.96. The molecule has 1 saturated carbocycles. The highest BCUT2D eigenvalue weighted by Gasteiger charge is 2.53. The number of nitrogen functional groups attached to an aromatic ring is 1. The molecule has 2 unspecified atom stereocenters. The molecule has 0 saturated heterocycles. The fourth-order valence-electron chi connectivity index (χ4n) is 2.52. The number of nitrogens with zero attached hydrogens (tertiary/aromatic N) is 4. The SMILES string of the molecule is Nc1ncnc2ncn(CC3(CO)CC3CO)c12. The van der Waals surface area contributed by atoms with Gasteiger partial charge in [-0.15, -0.1) is 0 Å². The van der Waals surface area contributed by atoms with E-state index >= 15 is 0 Å². The Bertz CT molecular complexity index is 584. The summed E-state index contributed by atoms with van der Waals surface area (Å²) in [6.07, 6.45) is 3.84. The van der Waals surface area contributed by atoms with Crippen LogP contribution in [-0.2, 0) is 6.54 Å². The van der Waals surface area contributed by atoms with E-state index in [-0.39, 0.29) is 24.5 Å². The summed E-state index contributed by atoms with van der Waals surface area (Å²) in [4.78, 5) is 12.2. The fourth-order valence-corrected chi connectivity index (χ4v) is 2.52. The van der Waals surface area contributed by atoms with Crippen LogP contribution in [-0.4, -0.2) is 42.9 Å². The molecule has 2 atom stereocenters. The van der Waals surface area contributed by atoms with Gasteiger partial charge in [0.1, 0.15) is 11.8 Å². The van der Waals surface area contributed by atoms with Crippen LogP contribution in [0.3, 0.4) is 0 Å². The molecular weight excluding hydrogens is 234 g/mol. The molecule has 0 aliphatic heterocycles. The molecule has 18 heavy (non-hydrogen) atoms. The van der Waals surface area contributed by atoms with E-state index in [1.165, 1.54) is 6.33 Å². The molecule has 7 heteroatoms. The normalized spacial score (nSPS) is 26.7. The molecular formula is C11H15N5O2. The average Bonchev–Trinajstić information content (AvgIpc) is 2.93. The summed E-state index contributed by atoms with van der Waals surface area (Å²) in [5, 5.41) is 18.7. The number of aliphatic hydroxyl groups is 2. The van der Waals surface area contributed by atoms with E-state index in [0.717, 1.165) is 6.42 Å². The van der Waals surface area contributed by atoms with Crippen molar-refractivity contribution in [2.45, 2.75) is 13.0 Å². The van der Waals surface area contributed by atoms with Gasteiger partial charge in [0.15, 0.2) is 11.5 Å². The van der Waals surface area contributed by atoms with Gasteiger partial charge in [0.05, 0.1) is 12.9 Å². The number of aliphatic hydroxyl groups excluding tert-OH is 2. The molecule has 1 aliphatic rings. The van der Waals surface area contributed by atoms with Crippen molar-refractivity contribution < 1.29 is 10.2 Å². The first-order chi connectivity index (χ1) is 8.70. The second-order valence-electron chi connectivity index (χ2n) is 4.91. The van der Waals surface area contributed by atoms with Crippen LogP contribution in [0.1, 0.15) is 6.42 Å². The minimum absolute atomic E-state index is 0.0471. The molecule has 0 spiro atoms. The lowest BCUT2D eigenvalue weighted by Crippen LogP contribution is -2.19. The van der Waals surface area contributed by atoms with Crippen LogP contribution in [0.25, 0.3) is 11.2 Å². The average molecular weight is 249 g/mol. The first kappa shape index (κ1) is 11.4. The van der Waals surface area contributed by atoms with E-state index in [1.807, 2.05) is 4.57 Å². The molecule has 0 bridgehead atoms. The summed E-state index contributed by atoms with van der Waals surface area (Å²) in [5.74, 6) is 0.526. The van der Waals surface area contributed by atoms with E-state index < -0.39 is 0 Å². The smallest absolute Gasteiger partial charge is 0.182 e. The van der Waals surface area contributed by atoms with Crippen LogP contribution in [0, 0.1) is 11.3 Å². The topological polar surface area (TPSA) is 110 Å². The zero-order chi connectivity index (χ0) is 12.8. The lowest BCUT2D eigenvalue weighted by molar-refractivity contribution is 0.159. The Morgan fingerprint density at radius 1 is 1.39 bits per heavy atom. The lowest BCUT2D eigenvalue weighted by Gasteiger charge is -2.15. The maximum absolute atomic E-state index is 9.49. The molecule has 7 nitrogen and oxygen atoms in total. The first-order valence-corrected chi connectivity index (χ1v) is 5.83. The van der Waals surface area contributed by atoms with Gasteiger partial charge in [-0.1, -0.05) is 0 Å². The molecule has 2 aromatic rings. The van der Waals surface area contributed by atoms with Crippen LogP contribution >= 0.6 is 0 Å². The summed E-state index contributed by atoms with van der Waals surface area (Å²) < 4.78 is 1.86. The van der Waals surface area contributed by atoms with Crippen molar-refractivity contribution >= 4 is 17.0 Å². The molecule has 0 aromatic carbocycles. The third-order valence-electron chi connectivity index (χ3n) is 3.82. The number of aromatic nitrogens is 4. The van der Waals surface area contributed by atoms with Crippen LogP contribution in [0.5, 0.6) is 0 Å². The van der Waals surface area contributed by atoms with Crippen LogP contribution in [0.4, 0.5) is 5.82 Å². The Morgan fingerprint density at radius 2 is 2.22 bits per heavy atom. The third-order valence-corrected chi connectivity index (χ3v) is 3.82. The van der Waals surface area contributed by atoms with E-state index in [1.54, 1.807) is 6.33 Å². The number of hydrogen-bond donors (Lipinski definition) is 3. The largest absolute Gasteiger partial charge is 0.396 e. The monoisotopic (exact) mass is 249 g/mol. The van der Waals surface area contributed by atoms with Crippen LogP contribution in [0.15, 0.2) is 12.7 Å². The van der Waals surface area contributed by atoms with Gasteiger partial charge >= 0.3 is 0 Å². The van der Waals surface area contributed by atoms with Crippen molar-refractivity contribution in [1.29, 1.82) is 0 Å². The Kier molecular flexibility index (Phi) is 2.46. The summed E-state index contributed by atoms with van der Waals surface area (Å²) in [7, 11) is 0. The molecule has 0 radical (unpaired) electrons. The van der Waals surface area contributed by atoms with Gasteiger partial charge in [0.2, 0.25) is 0 Å². The molecule has 4 N–H and O–H groups in total. The van der Waals surface area contributed by atoms with Crippen molar-refractivity contribution in [3.63, 3.8) is 0 Å². The maximum Gasteiger partial charge on any atom is 0.182 e. The standard InChI is InChI=1S/C11H15N5O2/c12-9-8-10(14-5-13-9)15-6-16(8)3-11(4-18)1-7(11)2-17/h5-7,17-18H,1-4H2,(H2,12,13,14). The van der Waals surface area contributed by atoms with Gasteiger partial charge in [-0.2, -0.15) is 0 Å². The molecule has 96 valence electrons. The fraction of sp³-hybridized carbons (Fsp3) is 0.545. The Labute approximate surface area is 103 Å². The van der Waals surface area contributed by atoms with Crippen molar-refractivity contribution in [3.05, 3.63) is 12.7 Å². The molecule has 1 aliphatic carbocycles. The van der Waals surface area contributed by atoms with Crippen molar-refractivity contribution in [3.8, 4) is 0 Å². The number of imidazole rings is 1. The van der Waals surface area contributed by atoms with Gasteiger partial charge in [0, 0.05) is 18.6 Å². The minimum atomic E-state index is -0.259.